The first-order chi connectivity index (χ1) is 6.84. The highest BCUT2D eigenvalue weighted by molar-refractivity contribution is 5.82. The first kappa shape index (κ1) is 11.6. The van der Waals surface area contributed by atoms with Gasteiger partial charge in [-0.2, -0.15) is 5.26 Å². The van der Waals surface area contributed by atoms with Gasteiger partial charge in [0.15, 0.2) is 0 Å². The van der Waals surface area contributed by atoms with Gasteiger partial charge in [-0.25, -0.2) is 4.79 Å². The Hall–Kier alpha value is -1.50. The molecule has 0 aromatic carbocycles. The molecule has 1 aliphatic heterocycles. The molecule has 4 nitrogen and oxygen atoms in total. The standard InChI is InChI=1S/C11H16N2O2/c1-10(2)6-8(5-9(14)15-4)13-11(10,3)7-12/h5,13H,6H2,1-4H3/b8-5-. The van der Waals surface area contributed by atoms with Crippen LogP contribution < -0.4 is 5.32 Å². The van der Waals surface area contributed by atoms with E-state index in [2.05, 4.69) is 16.1 Å². The zero-order valence-corrected chi connectivity index (χ0v) is 9.55. The molecule has 0 aromatic rings. The Morgan fingerprint density at radius 3 is 2.60 bits per heavy atom. The fraction of sp³-hybridized carbons (Fsp3) is 0.636. The molecule has 1 N–H and O–H groups in total. The Kier molecular flexibility index (Phi) is 2.76. The zero-order valence-electron chi connectivity index (χ0n) is 9.55. The quantitative estimate of drug-likeness (QED) is 0.522. The molecular formula is C11H16N2O2. The van der Waals surface area contributed by atoms with E-state index in [0.29, 0.717) is 6.42 Å². The molecule has 82 valence electrons. The van der Waals surface area contributed by atoms with Crippen molar-refractivity contribution in [2.45, 2.75) is 32.7 Å². The first-order valence-corrected chi connectivity index (χ1v) is 4.82. The van der Waals surface area contributed by atoms with Gasteiger partial charge < -0.3 is 10.1 Å². The predicted molar refractivity (Wildman–Crippen MR) is 55.7 cm³/mol. The molecular weight excluding hydrogens is 192 g/mol. The van der Waals surface area contributed by atoms with Crippen molar-refractivity contribution in [1.82, 2.24) is 5.32 Å². The van der Waals surface area contributed by atoms with Crippen molar-refractivity contribution in [3.63, 3.8) is 0 Å². The lowest BCUT2D eigenvalue weighted by molar-refractivity contribution is -0.134. The lowest BCUT2D eigenvalue weighted by atomic mass is 9.75. The summed E-state index contributed by atoms with van der Waals surface area (Å²) in [6, 6.07) is 2.25. The number of nitrogens with one attached hydrogen (secondary N) is 1. The molecule has 0 radical (unpaired) electrons. The molecule has 15 heavy (non-hydrogen) atoms. The van der Waals surface area contributed by atoms with Gasteiger partial charge in [-0.15, -0.1) is 0 Å². The van der Waals surface area contributed by atoms with E-state index < -0.39 is 11.5 Å². The van der Waals surface area contributed by atoms with E-state index in [4.69, 9.17) is 5.26 Å². The second kappa shape index (κ2) is 3.58. The molecule has 1 saturated heterocycles. The van der Waals surface area contributed by atoms with Gasteiger partial charge >= 0.3 is 5.97 Å². The minimum atomic E-state index is -0.632. The van der Waals surface area contributed by atoms with Crippen molar-refractivity contribution in [2.24, 2.45) is 5.41 Å². The van der Waals surface area contributed by atoms with E-state index in [0.717, 1.165) is 5.70 Å². The van der Waals surface area contributed by atoms with Gasteiger partial charge in [0.2, 0.25) is 0 Å². The fourth-order valence-electron chi connectivity index (χ4n) is 1.65. The minimum absolute atomic E-state index is 0.193. The number of ether oxygens (including phenoxy) is 1. The molecule has 0 bridgehead atoms. The second-order valence-corrected chi connectivity index (χ2v) is 4.62. The Labute approximate surface area is 89.9 Å². The molecule has 1 rings (SSSR count). The van der Waals surface area contributed by atoms with Gasteiger partial charge in [0, 0.05) is 17.2 Å². The van der Waals surface area contributed by atoms with Gasteiger partial charge in [0.1, 0.15) is 5.54 Å². The third-order valence-electron chi connectivity index (χ3n) is 3.11. The average Bonchev–Trinajstić information content (AvgIpc) is 2.37. The largest absolute Gasteiger partial charge is 0.466 e. The van der Waals surface area contributed by atoms with Crippen LogP contribution in [0.3, 0.4) is 0 Å². The van der Waals surface area contributed by atoms with Crippen molar-refractivity contribution in [2.75, 3.05) is 7.11 Å². The van der Waals surface area contributed by atoms with E-state index in [9.17, 15) is 4.79 Å². The highest BCUT2D eigenvalue weighted by Crippen LogP contribution is 2.42. The molecule has 1 unspecified atom stereocenters. The summed E-state index contributed by atoms with van der Waals surface area (Å²) >= 11 is 0. The van der Waals surface area contributed by atoms with Gasteiger partial charge in [-0.1, -0.05) is 13.8 Å². The summed E-state index contributed by atoms with van der Waals surface area (Å²) in [4.78, 5) is 11.1. The monoisotopic (exact) mass is 208 g/mol. The summed E-state index contributed by atoms with van der Waals surface area (Å²) in [6.45, 7) is 5.84. The molecule has 4 heteroatoms. The summed E-state index contributed by atoms with van der Waals surface area (Å²) in [5.74, 6) is -0.393. The summed E-state index contributed by atoms with van der Waals surface area (Å²) in [5, 5.41) is 12.2. The van der Waals surface area contributed by atoms with E-state index >= 15 is 0 Å². The van der Waals surface area contributed by atoms with Crippen LogP contribution in [0.15, 0.2) is 11.8 Å². The Balaban J connectivity index is 2.94. The Morgan fingerprint density at radius 1 is 1.60 bits per heavy atom. The van der Waals surface area contributed by atoms with Crippen molar-refractivity contribution in [1.29, 1.82) is 5.26 Å². The smallest absolute Gasteiger partial charge is 0.332 e. The topological polar surface area (TPSA) is 62.1 Å². The number of allylic oxidation sites excluding steroid dienone is 1. The number of methoxy groups -OCH3 is 1. The van der Waals surface area contributed by atoms with Crippen LogP contribution in [0, 0.1) is 16.7 Å². The van der Waals surface area contributed by atoms with Gasteiger partial charge in [-0.05, 0) is 13.3 Å². The van der Waals surface area contributed by atoms with E-state index in [1.165, 1.54) is 13.2 Å². The molecule has 1 heterocycles. The second-order valence-electron chi connectivity index (χ2n) is 4.62. The molecule has 1 atom stereocenters. The van der Waals surface area contributed by atoms with E-state index in [1.807, 2.05) is 20.8 Å². The lowest BCUT2D eigenvalue weighted by Gasteiger charge is -2.30. The van der Waals surface area contributed by atoms with Crippen molar-refractivity contribution < 1.29 is 9.53 Å². The number of rotatable bonds is 1. The molecule has 0 aromatic heterocycles. The molecule has 0 aliphatic carbocycles. The lowest BCUT2D eigenvalue weighted by Crippen LogP contribution is -2.44. The average molecular weight is 208 g/mol. The maximum atomic E-state index is 11.1. The number of esters is 1. The van der Waals surface area contributed by atoms with E-state index in [1.54, 1.807) is 0 Å². The first-order valence-electron chi connectivity index (χ1n) is 4.82. The van der Waals surface area contributed by atoms with Crippen LogP contribution >= 0.6 is 0 Å². The normalized spacial score (nSPS) is 30.7. The third kappa shape index (κ3) is 1.96. The van der Waals surface area contributed by atoms with Gasteiger partial charge in [0.25, 0.3) is 0 Å². The van der Waals surface area contributed by atoms with Crippen molar-refractivity contribution in [3.8, 4) is 6.07 Å². The predicted octanol–water partition coefficient (Wildman–Crippen LogP) is 1.35. The number of hydrogen-bond donors (Lipinski definition) is 1. The highest BCUT2D eigenvalue weighted by atomic mass is 16.5. The summed E-state index contributed by atoms with van der Waals surface area (Å²) in [5.41, 5.74) is -0.0648. The van der Waals surface area contributed by atoms with Crippen LogP contribution in [0.5, 0.6) is 0 Å². The van der Waals surface area contributed by atoms with Crippen LogP contribution in [-0.4, -0.2) is 18.6 Å². The number of carbonyl (C=O) groups is 1. The number of hydrogen-bond acceptors (Lipinski definition) is 4. The number of nitrogens with zero attached hydrogens (tertiary/aromatic N) is 1. The number of carbonyl (C=O) groups excluding carboxylic acids is 1. The minimum Gasteiger partial charge on any atom is -0.466 e. The van der Waals surface area contributed by atoms with Crippen LogP contribution in [0.4, 0.5) is 0 Å². The van der Waals surface area contributed by atoms with Crippen LogP contribution in [0.2, 0.25) is 0 Å². The molecule has 0 amide bonds. The summed E-state index contributed by atoms with van der Waals surface area (Å²) in [7, 11) is 1.34. The van der Waals surface area contributed by atoms with E-state index in [-0.39, 0.29) is 5.41 Å². The molecule has 1 fully saturated rings. The Bertz CT molecular complexity index is 352. The number of nitriles is 1. The third-order valence-corrected chi connectivity index (χ3v) is 3.11. The van der Waals surface area contributed by atoms with Crippen LogP contribution in [0.1, 0.15) is 27.2 Å². The highest BCUT2D eigenvalue weighted by Gasteiger charge is 2.47. The summed E-state index contributed by atoms with van der Waals surface area (Å²) < 4.78 is 4.54. The molecule has 1 aliphatic rings. The van der Waals surface area contributed by atoms with Gasteiger partial charge in [-0.3, -0.25) is 0 Å². The fourth-order valence-corrected chi connectivity index (χ4v) is 1.65. The zero-order chi connectivity index (χ0) is 11.7. The van der Waals surface area contributed by atoms with Crippen LogP contribution in [-0.2, 0) is 9.53 Å². The van der Waals surface area contributed by atoms with Crippen molar-refractivity contribution in [3.05, 3.63) is 11.8 Å². The van der Waals surface area contributed by atoms with Crippen LogP contribution in [0.25, 0.3) is 0 Å². The van der Waals surface area contributed by atoms with Gasteiger partial charge in [0.05, 0.1) is 13.2 Å². The molecule has 0 spiro atoms. The molecule has 0 saturated carbocycles. The maximum absolute atomic E-state index is 11.1. The SMILES string of the molecule is COC(=O)/C=C1/CC(C)(C)C(C)(C#N)N1. The maximum Gasteiger partial charge on any atom is 0.332 e. The summed E-state index contributed by atoms with van der Waals surface area (Å²) in [6.07, 6.45) is 2.08. The van der Waals surface area contributed by atoms with Crippen molar-refractivity contribution >= 4 is 5.97 Å². The Morgan fingerprint density at radius 2 is 2.20 bits per heavy atom.